The van der Waals surface area contributed by atoms with Crippen molar-refractivity contribution in [1.29, 1.82) is 0 Å². The Morgan fingerprint density at radius 1 is 1.50 bits per heavy atom. The second-order valence-corrected chi connectivity index (χ2v) is 3.27. The molecule has 3 nitrogen and oxygen atoms in total. The van der Waals surface area contributed by atoms with E-state index in [-0.39, 0.29) is 11.8 Å². The summed E-state index contributed by atoms with van der Waals surface area (Å²) in [5.41, 5.74) is 1.49. The number of rotatable bonds is 0. The molecule has 0 N–H and O–H groups in total. The molecule has 0 saturated heterocycles. The van der Waals surface area contributed by atoms with Gasteiger partial charge in [0.2, 0.25) is 0 Å². The molecular formula is C8H8ClNO2. The number of aliphatic imine (C=N–C) groups is 1. The minimum absolute atomic E-state index is 0.0481. The summed E-state index contributed by atoms with van der Waals surface area (Å²) in [5, 5.41) is 0.439. The van der Waals surface area contributed by atoms with Crippen molar-refractivity contribution in [3.8, 4) is 0 Å². The van der Waals surface area contributed by atoms with Crippen molar-refractivity contribution in [2.24, 2.45) is 4.99 Å². The summed E-state index contributed by atoms with van der Waals surface area (Å²) >= 11 is 5.84. The average Bonchev–Trinajstić information content (AvgIpc) is 2.48. The quantitative estimate of drug-likeness (QED) is 0.563. The van der Waals surface area contributed by atoms with E-state index in [1.54, 1.807) is 6.92 Å². The molecule has 0 aromatic carbocycles. The molecule has 2 aliphatic rings. The number of halogens is 1. The minimum Gasteiger partial charge on any atom is -0.372 e. The maximum absolute atomic E-state index is 11.4. The van der Waals surface area contributed by atoms with E-state index in [4.69, 9.17) is 16.3 Å². The summed E-state index contributed by atoms with van der Waals surface area (Å²) < 4.78 is 5.12. The van der Waals surface area contributed by atoms with Gasteiger partial charge in [-0.2, -0.15) is 0 Å². The molecule has 0 aromatic rings. The molecule has 0 aliphatic carbocycles. The predicted octanol–water partition coefficient (Wildman–Crippen LogP) is 0.922. The van der Waals surface area contributed by atoms with E-state index in [1.807, 2.05) is 0 Å². The largest absolute Gasteiger partial charge is 0.372 e. The van der Waals surface area contributed by atoms with Crippen molar-refractivity contribution in [2.45, 2.75) is 13.0 Å². The third-order valence-corrected chi connectivity index (χ3v) is 2.42. The van der Waals surface area contributed by atoms with E-state index < -0.39 is 0 Å². The highest BCUT2D eigenvalue weighted by atomic mass is 35.5. The van der Waals surface area contributed by atoms with E-state index in [1.165, 1.54) is 0 Å². The van der Waals surface area contributed by atoms with Crippen LogP contribution in [0.5, 0.6) is 0 Å². The van der Waals surface area contributed by atoms with Crippen LogP contribution in [0.15, 0.2) is 16.1 Å². The number of carbonyl (C=O) groups is 1. The number of carbonyl (C=O) groups excluding carboxylic acids is 1. The predicted molar refractivity (Wildman–Crippen MR) is 45.6 cm³/mol. The second kappa shape index (κ2) is 2.68. The van der Waals surface area contributed by atoms with Crippen LogP contribution >= 0.6 is 11.6 Å². The van der Waals surface area contributed by atoms with Crippen molar-refractivity contribution in [1.82, 2.24) is 0 Å². The van der Waals surface area contributed by atoms with Crippen molar-refractivity contribution in [3.05, 3.63) is 11.1 Å². The summed E-state index contributed by atoms with van der Waals surface area (Å²) in [6.45, 7) is 2.56. The lowest BCUT2D eigenvalue weighted by molar-refractivity contribution is -0.116. The SMILES string of the molecule is CC1N=C(Cl)C2=C(COC2)C1=O. The van der Waals surface area contributed by atoms with Gasteiger partial charge < -0.3 is 4.74 Å². The van der Waals surface area contributed by atoms with Gasteiger partial charge in [0.25, 0.3) is 0 Å². The van der Waals surface area contributed by atoms with Crippen LogP contribution in [0.2, 0.25) is 0 Å². The molecule has 2 rings (SSSR count). The van der Waals surface area contributed by atoms with Crippen molar-refractivity contribution < 1.29 is 9.53 Å². The smallest absolute Gasteiger partial charge is 0.185 e. The number of Topliss-reactive ketones (excluding diaryl/α,β-unsaturated/α-hetero) is 1. The second-order valence-electron chi connectivity index (χ2n) is 2.91. The van der Waals surface area contributed by atoms with E-state index in [9.17, 15) is 4.79 Å². The number of hydrogen-bond donors (Lipinski definition) is 0. The first-order chi connectivity index (χ1) is 5.70. The standard InChI is InChI=1S/C8H8ClNO2/c1-4-7(11)5-2-12-3-6(5)8(9)10-4/h4H,2-3H2,1H3. The first-order valence-corrected chi connectivity index (χ1v) is 4.15. The fourth-order valence-electron chi connectivity index (χ4n) is 1.39. The zero-order valence-electron chi connectivity index (χ0n) is 6.63. The molecule has 12 heavy (non-hydrogen) atoms. The average molecular weight is 186 g/mol. The van der Waals surface area contributed by atoms with Gasteiger partial charge in [0.15, 0.2) is 5.78 Å². The Hall–Kier alpha value is -0.670. The summed E-state index contributed by atoms with van der Waals surface area (Å²) in [6.07, 6.45) is 0. The highest BCUT2D eigenvalue weighted by Gasteiger charge is 2.31. The molecule has 2 aliphatic heterocycles. The number of dihydropyridines is 1. The van der Waals surface area contributed by atoms with Crippen LogP contribution in [-0.2, 0) is 9.53 Å². The highest BCUT2D eigenvalue weighted by Crippen LogP contribution is 2.24. The molecule has 2 heterocycles. The van der Waals surface area contributed by atoms with Gasteiger partial charge in [0, 0.05) is 11.1 Å². The molecule has 1 unspecified atom stereocenters. The lowest BCUT2D eigenvalue weighted by Gasteiger charge is -2.13. The molecule has 0 bridgehead atoms. The van der Waals surface area contributed by atoms with E-state index >= 15 is 0 Å². The van der Waals surface area contributed by atoms with E-state index in [0.29, 0.717) is 24.0 Å². The maximum atomic E-state index is 11.4. The highest BCUT2D eigenvalue weighted by molar-refractivity contribution is 6.70. The van der Waals surface area contributed by atoms with Gasteiger partial charge in [0.05, 0.1) is 13.2 Å². The number of ketones is 1. The normalized spacial score (nSPS) is 29.0. The molecule has 4 heteroatoms. The molecule has 0 radical (unpaired) electrons. The number of nitrogens with zero attached hydrogens (tertiary/aromatic N) is 1. The van der Waals surface area contributed by atoms with Crippen LogP contribution in [0.25, 0.3) is 0 Å². The summed E-state index contributed by atoms with van der Waals surface area (Å²) in [6, 6.07) is -0.335. The summed E-state index contributed by atoms with van der Waals surface area (Å²) in [5.74, 6) is 0.0481. The van der Waals surface area contributed by atoms with Gasteiger partial charge in [-0.15, -0.1) is 0 Å². The van der Waals surface area contributed by atoms with E-state index in [2.05, 4.69) is 4.99 Å². The van der Waals surface area contributed by atoms with Crippen LogP contribution in [0.4, 0.5) is 0 Å². The van der Waals surface area contributed by atoms with Gasteiger partial charge in [-0.1, -0.05) is 11.6 Å². The molecule has 0 saturated carbocycles. The maximum Gasteiger partial charge on any atom is 0.185 e. The van der Waals surface area contributed by atoms with Crippen LogP contribution in [-0.4, -0.2) is 30.2 Å². The Bertz CT molecular complexity index is 306. The summed E-state index contributed by atoms with van der Waals surface area (Å²) in [4.78, 5) is 15.4. The Morgan fingerprint density at radius 3 is 2.92 bits per heavy atom. The van der Waals surface area contributed by atoms with E-state index in [0.717, 1.165) is 5.57 Å². The van der Waals surface area contributed by atoms with Gasteiger partial charge in [0.1, 0.15) is 11.2 Å². The Balaban J connectivity index is 2.45. The topological polar surface area (TPSA) is 38.7 Å². The van der Waals surface area contributed by atoms with Crippen molar-refractivity contribution in [3.63, 3.8) is 0 Å². The monoisotopic (exact) mass is 185 g/mol. The lowest BCUT2D eigenvalue weighted by atomic mass is 10.0. The molecule has 0 amide bonds. The fraction of sp³-hybridized carbons (Fsp3) is 0.500. The minimum atomic E-state index is -0.335. The Labute approximate surface area is 75.1 Å². The van der Waals surface area contributed by atoms with Crippen LogP contribution in [0.1, 0.15) is 6.92 Å². The van der Waals surface area contributed by atoms with Gasteiger partial charge >= 0.3 is 0 Å². The van der Waals surface area contributed by atoms with Gasteiger partial charge in [-0.05, 0) is 6.92 Å². The third kappa shape index (κ3) is 1.01. The summed E-state index contributed by atoms with van der Waals surface area (Å²) in [7, 11) is 0. The van der Waals surface area contributed by atoms with Crippen molar-refractivity contribution in [2.75, 3.05) is 13.2 Å². The fourth-order valence-corrected chi connectivity index (χ4v) is 1.71. The zero-order chi connectivity index (χ0) is 8.72. The molecule has 1 atom stereocenters. The molecule has 0 aromatic heterocycles. The molecule has 0 spiro atoms. The molecule has 0 fully saturated rings. The van der Waals surface area contributed by atoms with Crippen LogP contribution in [0.3, 0.4) is 0 Å². The Kier molecular flexibility index (Phi) is 1.77. The lowest BCUT2D eigenvalue weighted by Crippen LogP contribution is -2.24. The number of ether oxygens (including phenoxy) is 1. The first-order valence-electron chi connectivity index (χ1n) is 3.78. The molecular weight excluding hydrogens is 178 g/mol. The Morgan fingerprint density at radius 2 is 2.17 bits per heavy atom. The third-order valence-electron chi connectivity index (χ3n) is 2.09. The number of hydrogen-bond acceptors (Lipinski definition) is 3. The van der Waals surface area contributed by atoms with Crippen LogP contribution in [0, 0.1) is 0 Å². The van der Waals surface area contributed by atoms with Gasteiger partial charge in [-0.3, -0.25) is 9.79 Å². The zero-order valence-corrected chi connectivity index (χ0v) is 7.39. The van der Waals surface area contributed by atoms with Crippen LogP contribution < -0.4 is 0 Å². The molecule has 64 valence electrons. The van der Waals surface area contributed by atoms with Gasteiger partial charge in [-0.25, -0.2) is 0 Å². The first kappa shape index (κ1) is 7.95. The van der Waals surface area contributed by atoms with Crippen molar-refractivity contribution >= 4 is 22.6 Å².